The van der Waals surface area contributed by atoms with Gasteiger partial charge in [0.2, 0.25) is 9.05 Å². The number of nitrogens with zero attached hydrogens (tertiary/aromatic N) is 1. The molecule has 0 bridgehead atoms. The van der Waals surface area contributed by atoms with E-state index >= 15 is 0 Å². The van der Waals surface area contributed by atoms with E-state index in [1.165, 1.54) is 38.5 Å². The van der Waals surface area contributed by atoms with Gasteiger partial charge in [-0.1, -0.05) is 65.2 Å². The van der Waals surface area contributed by atoms with Crippen molar-refractivity contribution in [3.05, 3.63) is 0 Å². The average molecular weight is 569 g/mol. The third kappa shape index (κ3) is 23.8. The highest BCUT2D eigenvalue weighted by Crippen LogP contribution is 2.49. The molecule has 0 aliphatic carbocycles. The number of hydrogen-bond donors (Lipinski definition) is 1. The van der Waals surface area contributed by atoms with Gasteiger partial charge in [-0.2, -0.15) is 26.3 Å². The zero-order valence-electron chi connectivity index (χ0n) is 21.4. The highest BCUT2D eigenvalue weighted by molar-refractivity contribution is 8.13. The molecule has 4 nitrogen and oxygen atoms in total. The smallest absolute Gasteiger partial charge is 0.330 e. The molecule has 0 radical (unpaired) electrons. The van der Waals surface area contributed by atoms with Crippen LogP contribution in [0, 0.1) is 0 Å². The van der Waals surface area contributed by atoms with Crippen LogP contribution in [0.25, 0.3) is 0 Å². The molecular formula is C22H44ClF7N2O2S. The number of rotatable bonds is 15. The van der Waals surface area contributed by atoms with E-state index in [-0.39, 0.29) is 19.3 Å². The quantitative estimate of drug-likeness (QED) is 0.125. The fourth-order valence-corrected chi connectivity index (χ4v) is 3.58. The van der Waals surface area contributed by atoms with Crippen LogP contribution in [0.1, 0.15) is 90.9 Å². The van der Waals surface area contributed by atoms with E-state index < -0.39 is 45.7 Å². The van der Waals surface area contributed by atoms with Crippen LogP contribution in [-0.4, -0.2) is 64.3 Å². The monoisotopic (exact) mass is 568 g/mol. The topological polar surface area (TPSA) is 63.4 Å². The minimum atomic E-state index is -6.04. The minimum absolute atomic E-state index is 0.0108. The molecule has 0 spiro atoms. The third-order valence-electron chi connectivity index (χ3n) is 4.82. The van der Waals surface area contributed by atoms with Crippen LogP contribution in [0.2, 0.25) is 0 Å². The standard InChI is InChI=1S/C9H12ClF7O2S.C8H18.C5H14N2/c10-20(18,19)6-4-2-1-3-5-7(11,8(12,13)14)9(15,16)17;1-3-5-7-8-6-4-2;1-7(2)5-3-4-6/h1-6H2;3-8H2,1-2H3;3-6H2,1-2H3. The Hall–Kier alpha value is -0.330. The Labute approximate surface area is 211 Å². The van der Waals surface area contributed by atoms with Crippen LogP contribution in [0.4, 0.5) is 30.7 Å². The van der Waals surface area contributed by atoms with Gasteiger partial charge < -0.3 is 10.6 Å². The first-order valence-electron chi connectivity index (χ1n) is 12.0. The van der Waals surface area contributed by atoms with Gasteiger partial charge in [0.25, 0.3) is 5.67 Å². The molecule has 2 N–H and O–H groups in total. The summed E-state index contributed by atoms with van der Waals surface area (Å²) in [5, 5.41) is 0. The number of nitrogens with two attached hydrogens (primary N) is 1. The molecule has 13 heteroatoms. The van der Waals surface area contributed by atoms with E-state index in [4.69, 9.17) is 16.4 Å². The maximum atomic E-state index is 13.1. The summed E-state index contributed by atoms with van der Waals surface area (Å²) in [6, 6.07) is 0. The second-order valence-electron chi connectivity index (χ2n) is 8.56. The van der Waals surface area contributed by atoms with E-state index in [9.17, 15) is 39.2 Å². The SMILES string of the molecule is CCCCCCCC.CN(C)CCCN.O=S(=O)(Cl)CCCCCCC(F)(C(F)(F)F)C(F)(F)F. The lowest BCUT2D eigenvalue weighted by atomic mass is 9.96. The van der Waals surface area contributed by atoms with E-state index in [0.717, 1.165) is 19.5 Å². The number of hydrogen-bond acceptors (Lipinski definition) is 4. The van der Waals surface area contributed by atoms with Crippen molar-refractivity contribution in [3.8, 4) is 0 Å². The normalized spacial score (nSPS) is 12.6. The van der Waals surface area contributed by atoms with Gasteiger partial charge in [0.1, 0.15) is 0 Å². The first-order chi connectivity index (χ1) is 15.9. The van der Waals surface area contributed by atoms with Crippen LogP contribution in [0.15, 0.2) is 0 Å². The minimum Gasteiger partial charge on any atom is -0.330 e. The summed E-state index contributed by atoms with van der Waals surface area (Å²) in [6.07, 6.45) is -5.03. The van der Waals surface area contributed by atoms with Crippen molar-refractivity contribution < 1.29 is 39.2 Å². The Balaban J connectivity index is -0.000000557. The molecule has 0 aliphatic heterocycles. The van der Waals surface area contributed by atoms with Crippen molar-refractivity contribution in [3.63, 3.8) is 0 Å². The van der Waals surface area contributed by atoms with Crippen molar-refractivity contribution in [2.45, 2.75) is 109 Å². The zero-order valence-corrected chi connectivity index (χ0v) is 23.0. The van der Waals surface area contributed by atoms with Gasteiger partial charge in [-0.15, -0.1) is 0 Å². The van der Waals surface area contributed by atoms with Gasteiger partial charge in [0.05, 0.1) is 5.75 Å². The Morgan fingerprint density at radius 1 is 0.714 bits per heavy atom. The van der Waals surface area contributed by atoms with E-state index in [2.05, 4.69) is 32.8 Å². The Bertz CT molecular complexity index is 567. The predicted octanol–water partition coefficient (Wildman–Crippen LogP) is 7.60. The molecule has 0 aromatic rings. The van der Waals surface area contributed by atoms with Gasteiger partial charge >= 0.3 is 12.4 Å². The Kier molecular flexibility index (Phi) is 23.2. The van der Waals surface area contributed by atoms with E-state index in [0.29, 0.717) is 0 Å². The Morgan fingerprint density at radius 2 is 1.11 bits per heavy atom. The first-order valence-corrected chi connectivity index (χ1v) is 14.5. The number of halogens is 8. The van der Waals surface area contributed by atoms with Crippen molar-refractivity contribution in [1.82, 2.24) is 4.90 Å². The fourth-order valence-electron chi connectivity index (χ4n) is 2.70. The second-order valence-corrected chi connectivity index (χ2v) is 11.5. The summed E-state index contributed by atoms with van der Waals surface area (Å²) in [7, 11) is 5.21. The molecule has 0 heterocycles. The van der Waals surface area contributed by atoms with Crippen LogP contribution < -0.4 is 5.73 Å². The molecule has 0 amide bonds. The zero-order chi connectivity index (χ0) is 28.2. The molecule has 35 heavy (non-hydrogen) atoms. The van der Waals surface area contributed by atoms with Gasteiger partial charge in [0.15, 0.2) is 0 Å². The van der Waals surface area contributed by atoms with Crippen molar-refractivity contribution in [1.29, 1.82) is 0 Å². The molecule has 216 valence electrons. The van der Waals surface area contributed by atoms with Crippen molar-refractivity contribution >= 4 is 19.7 Å². The summed E-state index contributed by atoms with van der Waals surface area (Å²) >= 11 is 0. The lowest BCUT2D eigenvalue weighted by Gasteiger charge is -2.29. The molecule has 0 aromatic carbocycles. The van der Waals surface area contributed by atoms with Crippen molar-refractivity contribution in [2.24, 2.45) is 5.73 Å². The molecule has 0 unspecified atom stereocenters. The maximum Gasteiger partial charge on any atom is 0.431 e. The lowest BCUT2D eigenvalue weighted by molar-refractivity contribution is -0.343. The molecule has 0 rings (SSSR count). The highest BCUT2D eigenvalue weighted by atomic mass is 35.7. The van der Waals surface area contributed by atoms with Gasteiger partial charge in [-0.3, -0.25) is 0 Å². The van der Waals surface area contributed by atoms with Crippen LogP contribution in [0.3, 0.4) is 0 Å². The second kappa shape index (κ2) is 20.7. The molecule has 0 fully saturated rings. The number of alkyl halides is 7. The summed E-state index contributed by atoms with van der Waals surface area (Å²) in [6.45, 7) is 6.42. The van der Waals surface area contributed by atoms with Crippen LogP contribution in [-0.2, 0) is 9.05 Å². The maximum absolute atomic E-state index is 13.1. The third-order valence-corrected chi connectivity index (χ3v) is 6.06. The number of unbranched alkanes of at least 4 members (excludes halogenated alkanes) is 8. The van der Waals surface area contributed by atoms with Crippen LogP contribution >= 0.6 is 10.7 Å². The predicted molar refractivity (Wildman–Crippen MR) is 130 cm³/mol. The largest absolute Gasteiger partial charge is 0.431 e. The molecular weight excluding hydrogens is 525 g/mol. The molecule has 0 aliphatic rings. The van der Waals surface area contributed by atoms with Gasteiger partial charge in [-0.05, 0) is 52.9 Å². The van der Waals surface area contributed by atoms with E-state index in [1.54, 1.807) is 0 Å². The van der Waals surface area contributed by atoms with Gasteiger partial charge in [0, 0.05) is 10.7 Å². The van der Waals surface area contributed by atoms with Crippen molar-refractivity contribution in [2.75, 3.05) is 32.9 Å². The summed E-state index contributed by atoms with van der Waals surface area (Å²) in [5.41, 5.74) is 0.0126. The summed E-state index contributed by atoms with van der Waals surface area (Å²) in [5.74, 6) is -0.437. The van der Waals surface area contributed by atoms with Gasteiger partial charge in [-0.25, -0.2) is 12.8 Å². The molecule has 0 atom stereocenters. The highest BCUT2D eigenvalue weighted by Gasteiger charge is 2.71. The molecule has 0 saturated heterocycles. The summed E-state index contributed by atoms with van der Waals surface area (Å²) < 4.78 is 107. The van der Waals surface area contributed by atoms with E-state index in [1.807, 2.05) is 0 Å². The molecule has 0 saturated carbocycles. The molecule has 0 aromatic heterocycles. The Morgan fingerprint density at radius 3 is 1.40 bits per heavy atom. The first kappa shape index (κ1) is 39.2. The van der Waals surface area contributed by atoms with Crippen LogP contribution in [0.5, 0.6) is 0 Å². The fraction of sp³-hybridized carbons (Fsp3) is 1.00. The average Bonchev–Trinajstić information content (AvgIpc) is 2.70. The summed E-state index contributed by atoms with van der Waals surface area (Å²) in [4.78, 5) is 2.13. The lowest BCUT2D eigenvalue weighted by Crippen LogP contribution is -2.53.